The normalized spacial score (nSPS) is 13.7. The van der Waals surface area contributed by atoms with E-state index in [4.69, 9.17) is 16.3 Å². The molecule has 0 saturated heterocycles. The van der Waals surface area contributed by atoms with Crippen LogP contribution < -0.4 is 0 Å². The molecule has 0 aliphatic carbocycles. The molecular formula is C18H25ClO2. The maximum Gasteiger partial charge on any atom is 0.311 e. The van der Waals surface area contributed by atoms with Crippen LogP contribution in [-0.4, -0.2) is 12.1 Å². The summed E-state index contributed by atoms with van der Waals surface area (Å²) in [4.78, 5) is 12.2. The van der Waals surface area contributed by atoms with Gasteiger partial charge in [0.05, 0.1) is 5.41 Å². The van der Waals surface area contributed by atoms with Crippen LogP contribution in [0.25, 0.3) is 5.57 Å². The number of carbonyl (C=O) groups is 1. The average Bonchev–Trinajstić information content (AvgIpc) is 2.33. The molecule has 0 aliphatic rings. The molecule has 1 rings (SSSR count). The van der Waals surface area contributed by atoms with Crippen molar-refractivity contribution in [3.63, 3.8) is 0 Å². The molecule has 0 N–H and O–H groups in total. The first kappa shape index (κ1) is 17.8. The summed E-state index contributed by atoms with van der Waals surface area (Å²) < 4.78 is 5.75. The molecule has 0 fully saturated rings. The molecule has 0 saturated carbocycles. The Morgan fingerprint density at radius 1 is 1.10 bits per heavy atom. The van der Waals surface area contributed by atoms with Gasteiger partial charge in [-0.3, -0.25) is 4.79 Å². The monoisotopic (exact) mass is 308 g/mol. The van der Waals surface area contributed by atoms with E-state index in [1.54, 1.807) is 0 Å². The second-order valence-electron chi connectivity index (χ2n) is 7.43. The minimum absolute atomic E-state index is 0.225. The first-order valence-electron chi connectivity index (χ1n) is 7.09. The fourth-order valence-corrected chi connectivity index (χ4v) is 2.00. The van der Waals surface area contributed by atoms with Gasteiger partial charge in [-0.2, -0.15) is 0 Å². The van der Waals surface area contributed by atoms with Crippen molar-refractivity contribution in [2.75, 3.05) is 0 Å². The largest absolute Gasteiger partial charge is 0.457 e. The topological polar surface area (TPSA) is 26.3 Å². The molecule has 0 radical (unpaired) electrons. The predicted molar refractivity (Wildman–Crippen MR) is 89.3 cm³/mol. The third-order valence-corrected chi connectivity index (χ3v) is 3.41. The molecule has 116 valence electrons. The summed E-state index contributed by atoms with van der Waals surface area (Å²) in [5.41, 5.74) is 0.944. The molecule has 2 nitrogen and oxygen atoms in total. The Balaban J connectivity index is 3.06. The van der Waals surface area contributed by atoms with Crippen LogP contribution in [0.1, 0.15) is 47.1 Å². The summed E-state index contributed by atoms with van der Waals surface area (Å²) in [6.45, 7) is 15.8. The molecule has 1 unspecified atom stereocenters. The van der Waals surface area contributed by atoms with Crippen molar-refractivity contribution in [3.8, 4) is 0 Å². The Morgan fingerprint density at radius 3 is 1.95 bits per heavy atom. The van der Waals surface area contributed by atoms with E-state index in [9.17, 15) is 4.79 Å². The van der Waals surface area contributed by atoms with Gasteiger partial charge in [0.15, 0.2) is 0 Å². The number of carbonyl (C=O) groups excluding carboxylic acids is 1. The lowest BCUT2D eigenvalue weighted by molar-refractivity contribution is -0.160. The van der Waals surface area contributed by atoms with E-state index in [0.29, 0.717) is 5.02 Å². The van der Waals surface area contributed by atoms with Gasteiger partial charge in [0.1, 0.15) is 6.10 Å². The highest BCUT2D eigenvalue weighted by Crippen LogP contribution is 2.34. The summed E-state index contributed by atoms with van der Waals surface area (Å²) in [6, 6.07) is 7.42. The summed E-state index contributed by atoms with van der Waals surface area (Å²) in [7, 11) is 0. The van der Waals surface area contributed by atoms with E-state index in [1.807, 2.05) is 65.8 Å². The Morgan fingerprint density at radius 2 is 1.57 bits per heavy atom. The number of halogens is 1. The zero-order chi connectivity index (χ0) is 16.4. The lowest BCUT2D eigenvalue weighted by Crippen LogP contribution is -2.36. The first-order valence-corrected chi connectivity index (χ1v) is 7.46. The molecule has 1 atom stereocenters. The molecule has 0 heterocycles. The first-order chi connectivity index (χ1) is 9.43. The number of ether oxygens (including phenoxy) is 1. The zero-order valence-corrected chi connectivity index (χ0v) is 14.5. The molecule has 3 heteroatoms. The highest BCUT2D eigenvalue weighted by atomic mass is 35.5. The van der Waals surface area contributed by atoms with Gasteiger partial charge in [-0.1, -0.05) is 51.1 Å². The summed E-state index contributed by atoms with van der Waals surface area (Å²) in [5.74, 6) is -0.225. The van der Waals surface area contributed by atoms with Crippen molar-refractivity contribution in [1.29, 1.82) is 0 Å². The number of esters is 1. The van der Waals surface area contributed by atoms with Crippen LogP contribution >= 0.6 is 11.6 Å². The molecule has 0 amide bonds. The van der Waals surface area contributed by atoms with Crippen LogP contribution in [0.5, 0.6) is 0 Å². The quantitative estimate of drug-likeness (QED) is 0.703. The number of benzene rings is 1. The van der Waals surface area contributed by atoms with Crippen LogP contribution in [0, 0.1) is 10.8 Å². The van der Waals surface area contributed by atoms with Gasteiger partial charge in [-0.15, -0.1) is 0 Å². The Kier molecular flexibility index (Phi) is 5.27. The average molecular weight is 309 g/mol. The predicted octanol–water partition coefficient (Wildman–Crippen LogP) is 5.36. The molecule has 0 bridgehead atoms. The van der Waals surface area contributed by atoms with Crippen LogP contribution in [0.15, 0.2) is 30.8 Å². The molecular weight excluding hydrogens is 284 g/mol. The van der Waals surface area contributed by atoms with Crippen molar-refractivity contribution >= 4 is 23.1 Å². The lowest BCUT2D eigenvalue weighted by Gasteiger charge is -2.34. The van der Waals surface area contributed by atoms with E-state index in [-0.39, 0.29) is 17.5 Å². The third-order valence-electron chi connectivity index (χ3n) is 3.16. The van der Waals surface area contributed by atoms with Crippen molar-refractivity contribution in [1.82, 2.24) is 0 Å². The van der Waals surface area contributed by atoms with E-state index < -0.39 is 5.41 Å². The summed E-state index contributed by atoms with van der Waals surface area (Å²) in [6.07, 6.45) is -0.384. The maximum atomic E-state index is 12.2. The number of hydrogen-bond donors (Lipinski definition) is 0. The third kappa shape index (κ3) is 4.89. The smallest absolute Gasteiger partial charge is 0.311 e. The van der Waals surface area contributed by atoms with Crippen LogP contribution in [0.2, 0.25) is 5.02 Å². The van der Waals surface area contributed by atoms with Crippen LogP contribution in [0.4, 0.5) is 0 Å². The number of rotatable bonds is 3. The van der Waals surface area contributed by atoms with Gasteiger partial charge < -0.3 is 4.74 Å². The van der Waals surface area contributed by atoms with Gasteiger partial charge in [-0.05, 0) is 44.0 Å². The lowest BCUT2D eigenvalue weighted by atomic mass is 9.82. The SMILES string of the molecule is C=C(c1ccc(Cl)cc1)C(OC(=O)C(C)(C)C)C(C)(C)C. The zero-order valence-electron chi connectivity index (χ0n) is 13.8. The van der Waals surface area contributed by atoms with Crippen molar-refractivity contribution in [2.24, 2.45) is 10.8 Å². The van der Waals surface area contributed by atoms with E-state index in [1.165, 1.54) is 0 Å². The second-order valence-corrected chi connectivity index (χ2v) is 7.87. The van der Waals surface area contributed by atoms with Crippen LogP contribution in [0.3, 0.4) is 0 Å². The van der Waals surface area contributed by atoms with Crippen LogP contribution in [-0.2, 0) is 9.53 Å². The molecule has 0 spiro atoms. The fourth-order valence-electron chi connectivity index (χ4n) is 1.87. The molecule has 1 aromatic carbocycles. The van der Waals surface area contributed by atoms with Gasteiger partial charge in [0.25, 0.3) is 0 Å². The van der Waals surface area contributed by atoms with Gasteiger partial charge in [0.2, 0.25) is 0 Å². The summed E-state index contributed by atoms with van der Waals surface area (Å²) >= 11 is 5.91. The van der Waals surface area contributed by atoms with E-state index in [0.717, 1.165) is 11.1 Å². The highest BCUT2D eigenvalue weighted by molar-refractivity contribution is 6.30. The Labute approximate surface area is 133 Å². The van der Waals surface area contributed by atoms with Crippen molar-refractivity contribution in [3.05, 3.63) is 41.4 Å². The van der Waals surface area contributed by atoms with Gasteiger partial charge in [0, 0.05) is 10.4 Å². The van der Waals surface area contributed by atoms with E-state index >= 15 is 0 Å². The molecule has 21 heavy (non-hydrogen) atoms. The minimum Gasteiger partial charge on any atom is -0.457 e. The van der Waals surface area contributed by atoms with Crippen molar-refractivity contribution < 1.29 is 9.53 Å². The number of hydrogen-bond acceptors (Lipinski definition) is 2. The Bertz CT molecular complexity index is 516. The van der Waals surface area contributed by atoms with Gasteiger partial charge >= 0.3 is 5.97 Å². The van der Waals surface area contributed by atoms with Crippen molar-refractivity contribution in [2.45, 2.75) is 47.6 Å². The van der Waals surface area contributed by atoms with Gasteiger partial charge in [-0.25, -0.2) is 0 Å². The molecule has 0 aliphatic heterocycles. The molecule has 0 aromatic heterocycles. The fraction of sp³-hybridized carbons (Fsp3) is 0.500. The highest BCUT2D eigenvalue weighted by Gasteiger charge is 2.34. The standard InChI is InChI=1S/C18H25ClO2/c1-12(13-8-10-14(19)11-9-13)15(17(2,3)4)21-16(20)18(5,6)7/h8-11,15H,1H2,2-7H3. The Hall–Kier alpha value is -1.28. The minimum atomic E-state index is -0.538. The second kappa shape index (κ2) is 6.23. The van der Waals surface area contributed by atoms with E-state index in [2.05, 4.69) is 6.58 Å². The summed E-state index contributed by atoms with van der Waals surface area (Å²) in [5, 5.41) is 0.672. The maximum absolute atomic E-state index is 12.2. The molecule has 1 aromatic rings.